The van der Waals surface area contributed by atoms with Crippen LogP contribution in [-0.4, -0.2) is 32.0 Å². The number of nitrogens with one attached hydrogen (secondary N) is 2. The van der Waals surface area contributed by atoms with E-state index in [-0.39, 0.29) is 29.3 Å². The molecule has 196 valence electrons. The van der Waals surface area contributed by atoms with Gasteiger partial charge in [0, 0.05) is 28.6 Å². The van der Waals surface area contributed by atoms with Crippen molar-refractivity contribution in [2.45, 2.75) is 31.8 Å². The second-order valence-electron chi connectivity index (χ2n) is 9.87. The summed E-state index contributed by atoms with van der Waals surface area (Å²) in [4.78, 5) is 35.0. The first-order valence-corrected chi connectivity index (χ1v) is 13.1. The lowest BCUT2D eigenvalue weighted by atomic mass is 9.95. The van der Waals surface area contributed by atoms with Gasteiger partial charge in [0.15, 0.2) is 5.82 Å². The Balaban J connectivity index is 1.19. The van der Waals surface area contributed by atoms with Crippen molar-refractivity contribution in [3.8, 4) is 17.1 Å². The van der Waals surface area contributed by atoms with Gasteiger partial charge in [-0.25, -0.2) is 4.98 Å². The lowest BCUT2D eigenvalue weighted by Crippen LogP contribution is -2.33. The molecule has 0 atom stereocenters. The quantitative estimate of drug-likeness (QED) is 0.286. The van der Waals surface area contributed by atoms with Gasteiger partial charge in [-0.2, -0.15) is 9.50 Å². The van der Waals surface area contributed by atoms with Crippen LogP contribution in [0.15, 0.2) is 83.7 Å². The number of carbonyl (C=O) groups is 1. The summed E-state index contributed by atoms with van der Waals surface area (Å²) in [6.07, 6.45) is 2.02. The average Bonchev–Trinajstić information content (AvgIpc) is 3.61. The van der Waals surface area contributed by atoms with Gasteiger partial charge in [0.25, 0.3) is 17.2 Å². The summed E-state index contributed by atoms with van der Waals surface area (Å²) in [7, 11) is 0. The number of hydrogen-bond donors (Lipinski definition) is 2. The maximum Gasteiger partial charge on any atom is 0.274 e. The molecule has 1 fully saturated rings. The van der Waals surface area contributed by atoms with E-state index in [0.29, 0.717) is 34.4 Å². The van der Waals surface area contributed by atoms with Crippen LogP contribution in [0.1, 0.15) is 40.0 Å². The third-order valence-corrected chi connectivity index (χ3v) is 7.42. The van der Waals surface area contributed by atoms with Crippen molar-refractivity contribution in [1.29, 1.82) is 0 Å². The molecule has 0 radical (unpaired) electrons. The van der Waals surface area contributed by atoms with Crippen molar-refractivity contribution in [1.82, 2.24) is 24.9 Å². The van der Waals surface area contributed by atoms with Crippen molar-refractivity contribution in [2.75, 3.05) is 6.54 Å². The minimum absolute atomic E-state index is 0.0116. The number of carbonyl (C=O) groups excluding carboxylic acids is 1. The molecule has 1 aliphatic rings. The summed E-state index contributed by atoms with van der Waals surface area (Å²) in [6.45, 7) is 2.41. The topological polar surface area (TPSA) is 101 Å². The van der Waals surface area contributed by atoms with Gasteiger partial charge in [-0.05, 0) is 49.1 Å². The fourth-order valence-electron chi connectivity index (χ4n) is 4.79. The van der Waals surface area contributed by atoms with Gasteiger partial charge in [-0.1, -0.05) is 66.2 Å². The van der Waals surface area contributed by atoms with E-state index in [1.807, 2.05) is 73.7 Å². The Bertz CT molecular complexity index is 1720. The summed E-state index contributed by atoms with van der Waals surface area (Å²) < 4.78 is 7.34. The van der Waals surface area contributed by atoms with Gasteiger partial charge >= 0.3 is 0 Å². The number of amides is 1. The first-order chi connectivity index (χ1) is 18.9. The monoisotopic (exact) mass is 539 g/mol. The zero-order chi connectivity index (χ0) is 27.0. The Morgan fingerprint density at radius 3 is 2.56 bits per heavy atom. The first kappa shape index (κ1) is 24.9. The third-order valence-electron chi connectivity index (χ3n) is 7.17. The molecular formula is C30H26ClN5O3. The molecule has 1 amide bonds. The summed E-state index contributed by atoms with van der Waals surface area (Å²) in [5.74, 6) is 1.02. The predicted octanol–water partition coefficient (Wildman–Crippen LogP) is 5.09. The van der Waals surface area contributed by atoms with E-state index in [1.165, 1.54) is 16.1 Å². The Kier molecular flexibility index (Phi) is 6.40. The van der Waals surface area contributed by atoms with Crippen LogP contribution in [0, 0.1) is 6.92 Å². The average molecular weight is 540 g/mol. The first-order valence-electron chi connectivity index (χ1n) is 12.7. The van der Waals surface area contributed by atoms with Crippen LogP contribution in [0.5, 0.6) is 5.75 Å². The number of hydrogen-bond acceptors (Lipinski definition) is 5. The van der Waals surface area contributed by atoms with Crippen molar-refractivity contribution < 1.29 is 9.53 Å². The smallest absolute Gasteiger partial charge is 0.274 e. The number of fused-ring (bicyclic) bond motifs is 1. The molecule has 6 rings (SSSR count). The molecule has 9 heteroatoms. The largest absolute Gasteiger partial charge is 0.486 e. The highest BCUT2D eigenvalue weighted by Gasteiger charge is 2.44. The lowest BCUT2D eigenvalue weighted by Gasteiger charge is -2.18. The summed E-state index contributed by atoms with van der Waals surface area (Å²) >= 11 is 6.05. The van der Waals surface area contributed by atoms with Crippen molar-refractivity contribution in [2.24, 2.45) is 0 Å². The van der Waals surface area contributed by atoms with Gasteiger partial charge < -0.3 is 10.1 Å². The summed E-state index contributed by atoms with van der Waals surface area (Å²) in [5, 5.41) is 6.79. The second kappa shape index (κ2) is 10.0. The Hall–Kier alpha value is -4.43. The third kappa shape index (κ3) is 5.03. The number of benzene rings is 3. The Morgan fingerprint density at radius 1 is 1.05 bits per heavy atom. The van der Waals surface area contributed by atoms with Crippen LogP contribution in [0.3, 0.4) is 0 Å². The maximum atomic E-state index is 13.3. The highest BCUT2D eigenvalue weighted by Crippen LogP contribution is 2.47. The van der Waals surface area contributed by atoms with Gasteiger partial charge in [-0.3, -0.25) is 14.7 Å². The van der Waals surface area contributed by atoms with Crippen LogP contribution in [-0.2, 0) is 12.0 Å². The molecule has 0 saturated heterocycles. The van der Waals surface area contributed by atoms with Crippen LogP contribution in [0.25, 0.3) is 17.2 Å². The Labute approximate surface area is 229 Å². The number of halogens is 1. The molecule has 5 aromatic rings. The standard InChI is InChI=1S/C30H26ClN5O3/c1-19-6-5-9-24(26(19)28(38)32-18-30(14-15-30)21-10-12-22(31)13-11-21)39-17-23-16-25(37)36-29(33-23)34-27(35-36)20-7-3-2-4-8-20/h2-13,16H,14-15,17-18H2,1H3,(H,32,38)(H,33,34,35). The molecule has 3 aromatic carbocycles. The van der Waals surface area contributed by atoms with Crippen LogP contribution in [0.2, 0.25) is 5.02 Å². The highest BCUT2D eigenvalue weighted by molar-refractivity contribution is 6.30. The summed E-state index contributed by atoms with van der Waals surface area (Å²) in [6, 6.07) is 24.2. The van der Waals surface area contributed by atoms with Crippen molar-refractivity contribution >= 4 is 23.3 Å². The molecule has 0 aliphatic heterocycles. The second-order valence-corrected chi connectivity index (χ2v) is 10.3. The van der Waals surface area contributed by atoms with Crippen LogP contribution >= 0.6 is 11.6 Å². The molecule has 1 aliphatic carbocycles. The molecule has 8 nitrogen and oxygen atoms in total. The fourth-order valence-corrected chi connectivity index (χ4v) is 4.92. The van der Waals surface area contributed by atoms with E-state index >= 15 is 0 Å². The zero-order valence-electron chi connectivity index (χ0n) is 21.3. The molecule has 1 saturated carbocycles. The molecule has 2 aromatic heterocycles. The number of aromatic nitrogens is 4. The van der Waals surface area contributed by atoms with Crippen LogP contribution in [0.4, 0.5) is 0 Å². The number of aryl methyl sites for hydroxylation is 1. The number of ether oxygens (including phenoxy) is 1. The number of rotatable bonds is 8. The fraction of sp³-hybridized carbons (Fsp3) is 0.200. The number of aromatic amines is 1. The molecule has 0 unspecified atom stereocenters. The molecule has 39 heavy (non-hydrogen) atoms. The van der Waals surface area contributed by atoms with Gasteiger partial charge in [0.2, 0.25) is 0 Å². The summed E-state index contributed by atoms with van der Waals surface area (Å²) in [5.41, 5.74) is 3.34. The predicted molar refractivity (Wildman–Crippen MR) is 149 cm³/mol. The van der Waals surface area contributed by atoms with E-state index in [1.54, 1.807) is 6.07 Å². The molecule has 0 spiro atoms. The van der Waals surface area contributed by atoms with E-state index in [9.17, 15) is 9.59 Å². The van der Waals surface area contributed by atoms with Gasteiger partial charge in [0.05, 0.1) is 11.3 Å². The molecule has 2 heterocycles. The van der Waals surface area contributed by atoms with E-state index in [4.69, 9.17) is 16.3 Å². The number of nitrogens with zero attached hydrogens (tertiary/aromatic N) is 3. The normalized spacial score (nSPS) is 13.8. The van der Waals surface area contributed by atoms with Crippen molar-refractivity contribution in [3.05, 3.63) is 117 Å². The minimum atomic E-state index is -0.299. The highest BCUT2D eigenvalue weighted by atomic mass is 35.5. The van der Waals surface area contributed by atoms with Crippen LogP contribution < -0.4 is 15.6 Å². The zero-order valence-corrected chi connectivity index (χ0v) is 22.0. The molecule has 0 bridgehead atoms. The van der Waals surface area contributed by atoms with E-state index in [2.05, 4.69) is 20.4 Å². The van der Waals surface area contributed by atoms with Crippen molar-refractivity contribution in [3.63, 3.8) is 0 Å². The Morgan fingerprint density at radius 2 is 1.82 bits per heavy atom. The maximum absolute atomic E-state index is 13.3. The van der Waals surface area contributed by atoms with E-state index in [0.717, 1.165) is 24.0 Å². The lowest BCUT2D eigenvalue weighted by molar-refractivity contribution is 0.0944. The van der Waals surface area contributed by atoms with Gasteiger partial charge in [-0.15, -0.1) is 0 Å². The molecule has 2 N–H and O–H groups in total. The minimum Gasteiger partial charge on any atom is -0.486 e. The SMILES string of the molecule is Cc1cccc(OCc2cc(=O)n3[nH]c(-c4ccccc4)nc3n2)c1C(=O)NCC1(c2ccc(Cl)cc2)CC1. The van der Waals surface area contributed by atoms with Gasteiger partial charge in [0.1, 0.15) is 12.4 Å². The number of H-pyrrole nitrogens is 1. The van der Waals surface area contributed by atoms with E-state index < -0.39 is 0 Å². The molecular weight excluding hydrogens is 514 g/mol.